The Kier molecular flexibility index (Phi) is 6.36. The van der Waals surface area contributed by atoms with Gasteiger partial charge in [0.1, 0.15) is 0 Å². The molecule has 0 aromatic carbocycles. The third kappa shape index (κ3) is 5.74. The standard InChI is InChI=1S/C11H20O4/c1-13-11(12)7-5-3-2-4-6-10-8-14-15-9-10/h10H,2-9H2,1H3. The van der Waals surface area contributed by atoms with Crippen LogP contribution in [0.2, 0.25) is 0 Å². The van der Waals surface area contributed by atoms with E-state index in [-0.39, 0.29) is 5.97 Å². The van der Waals surface area contributed by atoms with Crippen molar-refractivity contribution >= 4 is 5.97 Å². The second-order valence-electron chi connectivity index (χ2n) is 3.96. The highest BCUT2D eigenvalue weighted by Crippen LogP contribution is 2.16. The van der Waals surface area contributed by atoms with Gasteiger partial charge in [0, 0.05) is 12.3 Å². The first kappa shape index (κ1) is 12.5. The highest BCUT2D eigenvalue weighted by atomic mass is 17.2. The summed E-state index contributed by atoms with van der Waals surface area (Å²) in [6.07, 6.45) is 6.12. The Balaban J connectivity index is 1.82. The number of rotatable bonds is 7. The Morgan fingerprint density at radius 1 is 1.20 bits per heavy atom. The van der Waals surface area contributed by atoms with Crippen molar-refractivity contribution in [3.05, 3.63) is 0 Å². The van der Waals surface area contributed by atoms with Crippen LogP contribution in [0.5, 0.6) is 0 Å². The van der Waals surface area contributed by atoms with Crippen molar-refractivity contribution in [2.75, 3.05) is 20.3 Å². The van der Waals surface area contributed by atoms with Gasteiger partial charge in [-0.25, -0.2) is 9.78 Å². The number of unbranched alkanes of at least 4 members (excludes halogenated alkanes) is 3. The van der Waals surface area contributed by atoms with E-state index in [2.05, 4.69) is 4.74 Å². The molecule has 0 aliphatic carbocycles. The van der Waals surface area contributed by atoms with Crippen molar-refractivity contribution in [1.82, 2.24) is 0 Å². The molecule has 1 heterocycles. The quantitative estimate of drug-likeness (QED) is 0.371. The minimum atomic E-state index is -0.104. The van der Waals surface area contributed by atoms with Gasteiger partial charge in [-0.1, -0.05) is 19.3 Å². The van der Waals surface area contributed by atoms with E-state index in [9.17, 15) is 4.79 Å². The summed E-state index contributed by atoms with van der Waals surface area (Å²) in [6.45, 7) is 1.48. The molecule has 0 saturated carbocycles. The number of ether oxygens (including phenoxy) is 1. The van der Waals surface area contributed by atoms with Gasteiger partial charge in [0.25, 0.3) is 0 Å². The maximum Gasteiger partial charge on any atom is 0.305 e. The van der Waals surface area contributed by atoms with Crippen molar-refractivity contribution in [2.45, 2.75) is 38.5 Å². The van der Waals surface area contributed by atoms with Crippen LogP contribution >= 0.6 is 0 Å². The zero-order chi connectivity index (χ0) is 10.9. The first-order valence-electron chi connectivity index (χ1n) is 5.64. The van der Waals surface area contributed by atoms with E-state index in [0.29, 0.717) is 12.3 Å². The molecule has 1 saturated heterocycles. The average Bonchev–Trinajstić information content (AvgIpc) is 2.75. The molecular formula is C11H20O4. The largest absolute Gasteiger partial charge is 0.469 e. The molecule has 0 amide bonds. The van der Waals surface area contributed by atoms with E-state index >= 15 is 0 Å². The van der Waals surface area contributed by atoms with Crippen LogP contribution in [-0.4, -0.2) is 26.3 Å². The lowest BCUT2D eigenvalue weighted by atomic mass is 10.0. The molecule has 88 valence electrons. The van der Waals surface area contributed by atoms with Crippen molar-refractivity contribution in [3.8, 4) is 0 Å². The van der Waals surface area contributed by atoms with Crippen LogP contribution in [0, 0.1) is 5.92 Å². The molecular weight excluding hydrogens is 196 g/mol. The van der Waals surface area contributed by atoms with E-state index in [1.807, 2.05) is 0 Å². The number of carbonyl (C=O) groups excluding carboxylic acids is 1. The summed E-state index contributed by atoms with van der Waals surface area (Å²) in [5, 5.41) is 0. The molecule has 0 bridgehead atoms. The molecule has 4 heteroatoms. The lowest BCUT2D eigenvalue weighted by molar-refractivity contribution is -0.248. The second kappa shape index (κ2) is 7.65. The Bertz CT molecular complexity index is 175. The third-order valence-electron chi connectivity index (χ3n) is 2.66. The molecule has 0 aromatic rings. The molecule has 0 atom stereocenters. The minimum Gasteiger partial charge on any atom is -0.469 e. The highest BCUT2D eigenvalue weighted by Gasteiger charge is 2.16. The van der Waals surface area contributed by atoms with Gasteiger partial charge in [0.15, 0.2) is 0 Å². The molecule has 1 aliphatic heterocycles. The van der Waals surface area contributed by atoms with Crippen molar-refractivity contribution in [3.63, 3.8) is 0 Å². The fourth-order valence-electron chi connectivity index (χ4n) is 1.66. The summed E-state index contributed by atoms with van der Waals surface area (Å²) in [4.78, 5) is 20.4. The number of hydrogen-bond donors (Lipinski definition) is 0. The maximum absolute atomic E-state index is 10.8. The van der Waals surface area contributed by atoms with Gasteiger partial charge in [-0.05, 0) is 12.8 Å². The fraction of sp³-hybridized carbons (Fsp3) is 0.909. The van der Waals surface area contributed by atoms with Gasteiger partial charge < -0.3 is 4.74 Å². The second-order valence-corrected chi connectivity index (χ2v) is 3.96. The van der Waals surface area contributed by atoms with Crippen LogP contribution in [0.25, 0.3) is 0 Å². The van der Waals surface area contributed by atoms with Gasteiger partial charge in [0.05, 0.1) is 20.3 Å². The number of methoxy groups -OCH3 is 1. The van der Waals surface area contributed by atoms with Crippen LogP contribution in [-0.2, 0) is 19.3 Å². The molecule has 15 heavy (non-hydrogen) atoms. The zero-order valence-corrected chi connectivity index (χ0v) is 9.37. The Morgan fingerprint density at radius 2 is 1.87 bits per heavy atom. The molecule has 0 aromatic heterocycles. The SMILES string of the molecule is COC(=O)CCCCCCC1COOC1. The van der Waals surface area contributed by atoms with E-state index in [1.165, 1.54) is 20.0 Å². The van der Waals surface area contributed by atoms with Crippen LogP contribution in [0.1, 0.15) is 38.5 Å². The van der Waals surface area contributed by atoms with Gasteiger partial charge in [-0.3, -0.25) is 4.79 Å². The van der Waals surface area contributed by atoms with Gasteiger partial charge in [0.2, 0.25) is 0 Å². The maximum atomic E-state index is 10.8. The van der Waals surface area contributed by atoms with Crippen molar-refractivity contribution < 1.29 is 19.3 Å². The smallest absolute Gasteiger partial charge is 0.305 e. The summed E-state index contributed by atoms with van der Waals surface area (Å²) in [5.41, 5.74) is 0. The molecule has 4 nitrogen and oxygen atoms in total. The summed E-state index contributed by atoms with van der Waals surface area (Å²) in [6, 6.07) is 0. The topological polar surface area (TPSA) is 44.8 Å². The highest BCUT2D eigenvalue weighted by molar-refractivity contribution is 5.68. The third-order valence-corrected chi connectivity index (χ3v) is 2.66. The van der Waals surface area contributed by atoms with E-state index in [0.717, 1.165) is 32.5 Å². The van der Waals surface area contributed by atoms with Crippen LogP contribution in [0.4, 0.5) is 0 Å². The lowest BCUT2D eigenvalue weighted by Crippen LogP contribution is -2.03. The number of carbonyl (C=O) groups is 1. The van der Waals surface area contributed by atoms with Gasteiger partial charge >= 0.3 is 5.97 Å². The predicted molar refractivity (Wildman–Crippen MR) is 55.1 cm³/mol. The molecule has 0 spiro atoms. The molecule has 0 unspecified atom stereocenters. The van der Waals surface area contributed by atoms with Crippen LogP contribution in [0.15, 0.2) is 0 Å². The minimum absolute atomic E-state index is 0.104. The van der Waals surface area contributed by atoms with E-state index in [4.69, 9.17) is 9.78 Å². The van der Waals surface area contributed by atoms with Crippen molar-refractivity contribution in [1.29, 1.82) is 0 Å². The summed E-state index contributed by atoms with van der Waals surface area (Å²) < 4.78 is 4.57. The Labute approximate surface area is 90.8 Å². The predicted octanol–water partition coefficient (Wildman–Crippen LogP) is 2.08. The lowest BCUT2D eigenvalue weighted by Gasteiger charge is -2.04. The van der Waals surface area contributed by atoms with Crippen LogP contribution < -0.4 is 0 Å². The Hall–Kier alpha value is -0.610. The van der Waals surface area contributed by atoms with Crippen molar-refractivity contribution in [2.24, 2.45) is 5.92 Å². The fourth-order valence-corrected chi connectivity index (χ4v) is 1.66. The normalized spacial score (nSPS) is 16.9. The average molecular weight is 216 g/mol. The summed E-state index contributed by atoms with van der Waals surface area (Å²) in [5.74, 6) is 0.471. The van der Waals surface area contributed by atoms with Crippen LogP contribution in [0.3, 0.4) is 0 Å². The summed E-state index contributed by atoms with van der Waals surface area (Å²) in [7, 11) is 1.43. The molecule has 0 N–H and O–H groups in total. The number of hydrogen-bond acceptors (Lipinski definition) is 4. The Morgan fingerprint density at radius 3 is 2.53 bits per heavy atom. The zero-order valence-electron chi connectivity index (χ0n) is 9.37. The first-order chi connectivity index (χ1) is 7.33. The van der Waals surface area contributed by atoms with E-state index in [1.54, 1.807) is 0 Å². The van der Waals surface area contributed by atoms with Gasteiger partial charge in [-0.15, -0.1) is 0 Å². The summed E-state index contributed by atoms with van der Waals surface area (Å²) >= 11 is 0. The molecule has 0 radical (unpaired) electrons. The van der Waals surface area contributed by atoms with Gasteiger partial charge in [-0.2, -0.15) is 0 Å². The first-order valence-corrected chi connectivity index (χ1v) is 5.64. The van der Waals surface area contributed by atoms with E-state index < -0.39 is 0 Å². The monoisotopic (exact) mass is 216 g/mol. The molecule has 1 fully saturated rings. The molecule has 1 rings (SSSR count). The molecule has 1 aliphatic rings. The number of esters is 1.